The van der Waals surface area contributed by atoms with Gasteiger partial charge >= 0.3 is 6.09 Å². The summed E-state index contributed by atoms with van der Waals surface area (Å²) in [6.45, 7) is 3.72. The van der Waals surface area contributed by atoms with Crippen LogP contribution in [0.25, 0.3) is 5.70 Å². The number of carboxylic acid groups (broad SMARTS) is 1. The molecule has 0 bridgehead atoms. The fraction of sp³-hybridized carbons (Fsp3) is 0.500. The van der Waals surface area contributed by atoms with Gasteiger partial charge in [0, 0.05) is 6.54 Å². The molecule has 0 fully saturated rings. The van der Waals surface area contributed by atoms with Crippen molar-refractivity contribution in [2.45, 2.75) is 26.2 Å². The number of rotatable bonds is 5. The van der Waals surface area contributed by atoms with Crippen molar-refractivity contribution >= 4 is 11.8 Å². The van der Waals surface area contributed by atoms with E-state index in [1.54, 1.807) is 0 Å². The van der Waals surface area contributed by atoms with Crippen LogP contribution in [0.15, 0.2) is 30.3 Å². The Hall–Kier alpha value is -1.81. The van der Waals surface area contributed by atoms with E-state index in [0.717, 1.165) is 37.1 Å². The van der Waals surface area contributed by atoms with Gasteiger partial charge in [-0.1, -0.05) is 31.2 Å². The molecule has 0 saturated heterocycles. The van der Waals surface area contributed by atoms with Crippen LogP contribution in [0, 0.1) is 5.92 Å². The zero-order chi connectivity index (χ0) is 16.1. The third-order valence-electron chi connectivity index (χ3n) is 4.02. The number of amides is 1. The van der Waals surface area contributed by atoms with Crippen LogP contribution in [0.1, 0.15) is 30.9 Å². The van der Waals surface area contributed by atoms with Crippen molar-refractivity contribution in [2.24, 2.45) is 5.92 Å². The van der Waals surface area contributed by atoms with E-state index in [2.05, 4.69) is 44.1 Å². The van der Waals surface area contributed by atoms with Gasteiger partial charge in [-0.3, -0.25) is 4.90 Å². The SMILES string of the molecule is C[C@H]1CC=C(c2cccc(CCCN(C)C)c2)N(C(=O)O)C1. The topological polar surface area (TPSA) is 43.8 Å². The van der Waals surface area contributed by atoms with Gasteiger partial charge in [-0.15, -0.1) is 0 Å². The van der Waals surface area contributed by atoms with E-state index in [1.165, 1.54) is 10.5 Å². The van der Waals surface area contributed by atoms with Crippen molar-refractivity contribution < 1.29 is 9.90 Å². The molecule has 0 unspecified atom stereocenters. The standard InChI is InChI=1S/C18H26N2O2/c1-14-9-10-17(20(13-14)18(21)22)16-8-4-6-15(12-16)7-5-11-19(2)3/h4,6,8,10,12,14H,5,7,9,11,13H2,1-3H3,(H,21,22)/t14-/m0/s1. The highest BCUT2D eigenvalue weighted by Gasteiger charge is 2.24. The summed E-state index contributed by atoms with van der Waals surface area (Å²) in [6.07, 6.45) is 4.25. The van der Waals surface area contributed by atoms with Gasteiger partial charge in [-0.2, -0.15) is 0 Å². The van der Waals surface area contributed by atoms with Gasteiger partial charge in [0.2, 0.25) is 0 Å². The number of hydrogen-bond acceptors (Lipinski definition) is 2. The number of aryl methyl sites for hydroxylation is 1. The highest BCUT2D eigenvalue weighted by atomic mass is 16.4. The quantitative estimate of drug-likeness (QED) is 0.904. The van der Waals surface area contributed by atoms with Crippen LogP contribution in [-0.2, 0) is 6.42 Å². The van der Waals surface area contributed by atoms with E-state index < -0.39 is 6.09 Å². The predicted molar refractivity (Wildman–Crippen MR) is 89.8 cm³/mol. The molecule has 1 aromatic carbocycles. The number of nitrogens with zero attached hydrogens (tertiary/aromatic N) is 2. The van der Waals surface area contributed by atoms with Crippen molar-refractivity contribution in [3.05, 3.63) is 41.5 Å². The van der Waals surface area contributed by atoms with Crippen LogP contribution in [0.3, 0.4) is 0 Å². The maximum Gasteiger partial charge on any atom is 0.411 e. The Morgan fingerprint density at radius 1 is 1.41 bits per heavy atom. The van der Waals surface area contributed by atoms with Crippen molar-refractivity contribution in [3.63, 3.8) is 0 Å². The average molecular weight is 302 g/mol. The largest absolute Gasteiger partial charge is 0.465 e. The molecule has 0 aliphatic carbocycles. The predicted octanol–water partition coefficient (Wildman–Crippen LogP) is 3.54. The number of hydrogen-bond donors (Lipinski definition) is 1. The molecule has 0 saturated carbocycles. The maximum atomic E-state index is 11.5. The van der Waals surface area contributed by atoms with Gasteiger partial charge in [0.05, 0.1) is 5.70 Å². The molecule has 120 valence electrons. The monoisotopic (exact) mass is 302 g/mol. The van der Waals surface area contributed by atoms with Gasteiger partial charge in [0.1, 0.15) is 0 Å². The van der Waals surface area contributed by atoms with Gasteiger partial charge in [0.25, 0.3) is 0 Å². The summed E-state index contributed by atoms with van der Waals surface area (Å²) in [5, 5.41) is 9.44. The molecule has 1 aromatic rings. The molecule has 1 N–H and O–H groups in total. The molecule has 1 heterocycles. The first kappa shape index (κ1) is 16.6. The van der Waals surface area contributed by atoms with Crippen LogP contribution in [-0.4, -0.2) is 48.2 Å². The third-order valence-corrected chi connectivity index (χ3v) is 4.02. The number of benzene rings is 1. The van der Waals surface area contributed by atoms with Gasteiger partial charge in [0.15, 0.2) is 0 Å². The molecule has 0 radical (unpaired) electrons. The van der Waals surface area contributed by atoms with E-state index in [-0.39, 0.29) is 0 Å². The van der Waals surface area contributed by atoms with Gasteiger partial charge in [-0.05, 0) is 63.0 Å². The Morgan fingerprint density at radius 2 is 2.18 bits per heavy atom. The lowest BCUT2D eigenvalue weighted by molar-refractivity contribution is 0.159. The second kappa shape index (κ2) is 7.45. The highest BCUT2D eigenvalue weighted by molar-refractivity contribution is 5.81. The highest BCUT2D eigenvalue weighted by Crippen LogP contribution is 2.28. The minimum atomic E-state index is -0.865. The Bertz CT molecular complexity index is 552. The van der Waals surface area contributed by atoms with E-state index in [4.69, 9.17) is 0 Å². The molecule has 1 aliphatic rings. The van der Waals surface area contributed by atoms with Crippen LogP contribution >= 0.6 is 0 Å². The molecule has 0 aromatic heterocycles. The van der Waals surface area contributed by atoms with Crippen molar-refractivity contribution in [3.8, 4) is 0 Å². The second-order valence-electron chi connectivity index (χ2n) is 6.43. The third kappa shape index (κ3) is 4.34. The molecule has 4 nitrogen and oxygen atoms in total. The Morgan fingerprint density at radius 3 is 2.86 bits per heavy atom. The van der Waals surface area contributed by atoms with Gasteiger partial charge in [-0.25, -0.2) is 4.79 Å². The minimum Gasteiger partial charge on any atom is -0.465 e. The molecule has 0 spiro atoms. The number of allylic oxidation sites excluding steroid dienone is 1. The van der Waals surface area contributed by atoms with E-state index in [0.29, 0.717) is 12.5 Å². The fourth-order valence-electron chi connectivity index (χ4n) is 2.85. The summed E-state index contributed by atoms with van der Waals surface area (Å²) in [5.41, 5.74) is 3.11. The zero-order valence-corrected chi connectivity index (χ0v) is 13.7. The van der Waals surface area contributed by atoms with Crippen LogP contribution < -0.4 is 0 Å². The molecular weight excluding hydrogens is 276 g/mol. The van der Waals surface area contributed by atoms with Crippen molar-refractivity contribution in [1.29, 1.82) is 0 Å². The molecular formula is C18H26N2O2. The normalized spacial score (nSPS) is 18.5. The van der Waals surface area contributed by atoms with Crippen LogP contribution in [0.5, 0.6) is 0 Å². The lowest BCUT2D eigenvalue weighted by Crippen LogP contribution is -2.34. The summed E-state index contributed by atoms with van der Waals surface area (Å²) in [4.78, 5) is 15.2. The summed E-state index contributed by atoms with van der Waals surface area (Å²) in [7, 11) is 4.16. The first-order chi connectivity index (χ1) is 10.5. The Balaban J connectivity index is 2.15. The molecule has 2 rings (SSSR count). The summed E-state index contributed by atoms with van der Waals surface area (Å²) in [6, 6.07) is 8.29. The second-order valence-corrected chi connectivity index (χ2v) is 6.43. The summed E-state index contributed by atoms with van der Waals surface area (Å²) >= 11 is 0. The molecule has 1 amide bonds. The summed E-state index contributed by atoms with van der Waals surface area (Å²) < 4.78 is 0. The number of carbonyl (C=O) groups is 1. The fourth-order valence-corrected chi connectivity index (χ4v) is 2.85. The van der Waals surface area contributed by atoms with Crippen LogP contribution in [0.4, 0.5) is 4.79 Å². The lowest BCUT2D eigenvalue weighted by atomic mass is 9.97. The molecule has 1 atom stereocenters. The average Bonchev–Trinajstić information content (AvgIpc) is 2.47. The van der Waals surface area contributed by atoms with E-state index in [9.17, 15) is 9.90 Å². The first-order valence-electron chi connectivity index (χ1n) is 7.92. The van der Waals surface area contributed by atoms with Gasteiger partial charge < -0.3 is 10.0 Å². The van der Waals surface area contributed by atoms with Crippen molar-refractivity contribution in [2.75, 3.05) is 27.2 Å². The van der Waals surface area contributed by atoms with Crippen LogP contribution in [0.2, 0.25) is 0 Å². The summed E-state index contributed by atoms with van der Waals surface area (Å²) in [5.74, 6) is 0.378. The van der Waals surface area contributed by atoms with E-state index in [1.807, 2.05) is 12.1 Å². The Labute approximate surface area is 133 Å². The van der Waals surface area contributed by atoms with Crippen molar-refractivity contribution in [1.82, 2.24) is 9.80 Å². The minimum absolute atomic E-state index is 0.378. The molecule has 1 aliphatic heterocycles. The van der Waals surface area contributed by atoms with E-state index >= 15 is 0 Å². The zero-order valence-electron chi connectivity index (χ0n) is 13.7. The first-order valence-corrected chi connectivity index (χ1v) is 7.92. The molecule has 4 heteroatoms. The smallest absolute Gasteiger partial charge is 0.411 e. The molecule has 22 heavy (non-hydrogen) atoms. The Kier molecular flexibility index (Phi) is 5.61. The lowest BCUT2D eigenvalue weighted by Gasteiger charge is -2.30. The maximum absolute atomic E-state index is 11.5.